The molecule has 2 aromatic carbocycles. The topological polar surface area (TPSA) is 52.9 Å². The Labute approximate surface area is 162 Å². The Hall–Kier alpha value is -1.17. The monoisotopic (exact) mass is 403 g/mol. The number of hydrogen-bond donors (Lipinski definition) is 2. The van der Waals surface area contributed by atoms with Crippen LogP contribution in [0.15, 0.2) is 24.3 Å². The van der Waals surface area contributed by atoms with Crippen LogP contribution in [0.2, 0.25) is 15.1 Å². The minimum atomic E-state index is -0.0000184. The van der Waals surface area contributed by atoms with Crippen molar-refractivity contribution < 1.29 is 14.9 Å². The molecule has 2 rings (SSSR count). The Kier molecular flexibility index (Phi) is 7.23. The summed E-state index contributed by atoms with van der Waals surface area (Å²) >= 11 is 18.1. The van der Waals surface area contributed by atoms with Crippen LogP contribution in [0.3, 0.4) is 0 Å². The first kappa shape index (κ1) is 20.1. The van der Waals surface area contributed by atoms with E-state index in [1.54, 1.807) is 19.2 Å². The third-order valence-corrected chi connectivity index (χ3v) is 4.59. The first-order chi connectivity index (χ1) is 11.8. The van der Waals surface area contributed by atoms with Gasteiger partial charge in [0.2, 0.25) is 0 Å². The van der Waals surface area contributed by atoms with Crippen molar-refractivity contribution >= 4 is 34.8 Å². The van der Waals surface area contributed by atoms with Gasteiger partial charge in [0.05, 0.1) is 16.7 Å². The number of ether oxygens (including phenoxy) is 1. The first-order valence-electron chi connectivity index (χ1n) is 7.68. The summed E-state index contributed by atoms with van der Waals surface area (Å²) in [5.74, 6) is 0.0583. The molecule has 0 unspecified atom stereocenters. The molecule has 0 radical (unpaired) electrons. The maximum Gasteiger partial charge on any atom is 0.138 e. The molecule has 2 aromatic rings. The van der Waals surface area contributed by atoms with Crippen LogP contribution in [-0.4, -0.2) is 35.4 Å². The van der Waals surface area contributed by atoms with Gasteiger partial charge in [0.25, 0.3) is 0 Å². The summed E-state index contributed by atoms with van der Waals surface area (Å²) in [6.45, 7) is 3.82. The van der Waals surface area contributed by atoms with Gasteiger partial charge in [-0.1, -0.05) is 40.9 Å². The Morgan fingerprint density at radius 3 is 2.08 bits per heavy atom. The lowest BCUT2D eigenvalue weighted by Gasteiger charge is -2.24. The zero-order valence-corrected chi connectivity index (χ0v) is 16.3. The van der Waals surface area contributed by atoms with Gasteiger partial charge in [0.1, 0.15) is 11.5 Å². The highest BCUT2D eigenvalue weighted by Gasteiger charge is 2.16. The smallest absolute Gasteiger partial charge is 0.138 e. The van der Waals surface area contributed by atoms with Crippen molar-refractivity contribution in [2.24, 2.45) is 0 Å². The van der Waals surface area contributed by atoms with Crippen molar-refractivity contribution in [1.82, 2.24) is 4.90 Å². The standard InChI is InChI=1S/C18H20Cl3NO3/c1-11-5-12(17(23)15(20)6-11)9-22(3-4-25-2)10-13-7-14(19)8-16(21)18(13)24/h5-8,23-24H,3-4,9-10H2,1-2H3. The van der Waals surface area contributed by atoms with Crippen LogP contribution in [0.1, 0.15) is 16.7 Å². The van der Waals surface area contributed by atoms with Crippen molar-refractivity contribution in [2.75, 3.05) is 20.3 Å². The van der Waals surface area contributed by atoms with E-state index < -0.39 is 0 Å². The van der Waals surface area contributed by atoms with E-state index in [4.69, 9.17) is 39.5 Å². The van der Waals surface area contributed by atoms with Gasteiger partial charge in [0.15, 0.2) is 0 Å². The van der Waals surface area contributed by atoms with E-state index in [1.165, 1.54) is 6.07 Å². The molecule has 25 heavy (non-hydrogen) atoms. The molecule has 0 saturated heterocycles. The second-order valence-electron chi connectivity index (χ2n) is 5.85. The predicted molar refractivity (Wildman–Crippen MR) is 102 cm³/mol. The number of methoxy groups -OCH3 is 1. The van der Waals surface area contributed by atoms with Crippen molar-refractivity contribution in [3.05, 3.63) is 56.0 Å². The minimum absolute atomic E-state index is 0.0000184. The average molecular weight is 405 g/mol. The molecular formula is C18H20Cl3NO3. The van der Waals surface area contributed by atoms with Crippen LogP contribution in [0.5, 0.6) is 11.5 Å². The zero-order chi connectivity index (χ0) is 18.6. The van der Waals surface area contributed by atoms with Crippen molar-refractivity contribution in [2.45, 2.75) is 20.0 Å². The normalized spacial score (nSPS) is 11.3. The molecule has 4 nitrogen and oxygen atoms in total. The first-order valence-corrected chi connectivity index (χ1v) is 8.81. The number of halogens is 3. The van der Waals surface area contributed by atoms with Crippen molar-refractivity contribution in [3.8, 4) is 11.5 Å². The highest BCUT2D eigenvalue weighted by molar-refractivity contribution is 6.35. The second kappa shape index (κ2) is 8.97. The lowest BCUT2D eigenvalue weighted by molar-refractivity contribution is 0.139. The Morgan fingerprint density at radius 1 is 0.920 bits per heavy atom. The molecular weight excluding hydrogens is 385 g/mol. The summed E-state index contributed by atoms with van der Waals surface area (Å²) in [5, 5.41) is 21.4. The van der Waals surface area contributed by atoms with Crippen LogP contribution in [0, 0.1) is 6.92 Å². The van der Waals surface area contributed by atoms with Crippen LogP contribution < -0.4 is 0 Å². The van der Waals surface area contributed by atoms with Crippen LogP contribution in [-0.2, 0) is 17.8 Å². The van der Waals surface area contributed by atoms with Crippen LogP contribution in [0.4, 0.5) is 0 Å². The van der Waals surface area contributed by atoms with E-state index in [9.17, 15) is 10.2 Å². The van der Waals surface area contributed by atoms with Gasteiger partial charge in [0, 0.05) is 42.9 Å². The second-order valence-corrected chi connectivity index (χ2v) is 7.10. The fourth-order valence-corrected chi connectivity index (χ4v) is 3.41. The number of hydrogen-bond acceptors (Lipinski definition) is 4. The van der Waals surface area contributed by atoms with Crippen LogP contribution >= 0.6 is 34.8 Å². The van der Waals surface area contributed by atoms with Crippen molar-refractivity contribution in [1.29, 1.82) is 0 Å². The average Bonchev–Trinajstić information content (AvgIpc) is 2.54. The Morgan fingerprint density at radius 2 is 1.48 bits per heavy atom. The summed E-state index contributed by atoms with van der Waals surface area (Å²) in [6.07, 6.45) is 0. The molecule has 0 aliphatic heterocycles. The van der Waals surface area contributed by atoms with Crippen molar-refractivity contribution in [3.63, 3.8) is 0 Å². The molecule has 2 N–H and O–H groups in total. The summed E-state index contributed by atoms with van der Waals surface area (Å²) in [5.41, 5.74) is 2.26. The highest BCUT2D eigenvalue weighted by Crippen LogP contribution is 2.33. The molecule has 0 bridgehead atoms. The number of phenolic OH excluding ortho intramolecular Hbond substituents is 2. The number of benzene rings is 2. The number of rotatable bonds is 7. The van der Waals surface area contributed by atoms with Gasteiger partial charge >= 0.3 is 0 Å². The Balaban J connectivity index is 2.28. The van der Waals surface area contributed by atoms with E-state index >= 15 is 0 Å². The van der Waals surface area contributed by atoms with E-state index in [-0.39, 0.29) is 16.5 Å². The molecule has 0 atom stereocenters. The summed E-state index contributed by atoms with van der Waals surface area (Å²) in [4.78, 5) is 2.01. The summed E-state index contributed by atoms with van der Waals surface area (Å²) in [6, 6.07) is 6.76. The SMILES string of the molecule is COCCN(Cc1cc(C)cc(Cl)c1O)Cc1cc(Cl)cc(Cl)c1O. The van der Waals surface area contributed by atoms with E-state index in [0.717, 1.165) is 5.56 Å². The van der Waals surface area contributed by atoms with E-state index in [2.05, 4.69) is 0 Å². The Bertz CT molecular complexity index is 693. The third kappa shape index (κ3) is 5.40. The van der Waals surface area contributed by atoms with Gasteiger partial charge in [-0.25, -0.2) is 0 Å². The molecule has 0 spiro atoms. The fourth-order valence-electron chi connectivity index (χ4n) is 2.58. The van der Waals surface area contributed by atoms with Gasteiger partial charge in [-0.2, -0.15) is 0 Å². The number of aromatic hydroxyl groups is 2. The molecule has 0 saturated carbocycles. The molecule has 7 heteroatoms. The van der Waals surface area contributed by atoms with Gasteiger partial charge < -0.3 is 14.9 Å². The van der Waals surface area contributed by atoms with Gasteiger partial charge in [-0.3, -0.25) is 4.90 Å². The summed E-state index contributed by atoms with van der Waals surface area (Å²) < 4.78 is 5.16. The van der Waals surface area contributed by atoms with E-state index in [1.807, 2.05) is 17.9 Å². The lowest BCUT2D eigenvalue weighted by Crippen LogP contribution is -2.26. The van der Waals surface area contributed by atoms with Gasteiger partial charge in [-0.15, -0.1) is 0 Å². The number of aryl methyl sites for hydroxylation is 1. The van der Waals surface area contributed by atoms with Gasteiger partial charge in [-0.05, 0) is 30.7 Å². The highest BCUT2D eigenvalue weighted by atomic mass is 35.5. The molecule has 0 aliphatic rings. The summed E-state index contributed by atoms with van der Waals surface area (Å²) in [7, 11) is 1.62. The maximum absolute atomic E-state index is 10.2. The number of phenols is 2. The maximum atomic E-state index is 10.2. The molecule has 0 heterocycles. The number of nitrogens with zero attached hydrogens (tertiary/aromatic N) is 1. The van der Waals surface area contributed by atoms with E-state index in [0.29, 0.717) is 47.4 Å². The zero-order valence-electron chi connectivity index (χ0n) is 14.0. The molecule has 136 valence electrons. The van der Waals surface area contributed by atoms with Crippen LogP contribution in [0.25, 0.3) is 0 Å². The predicted octanol–water partition coefficient (Wildman–Crippen LogP) is 5.02. The molecule has 0 aliphatic carbocycles. The lowest BCUT2D eigenvalue weighted by atomic mass is 10.1. The third-order valence-electron chi connectivity index (χ3n) is 3.79. The minimum Gasteiger partial charge on any atom is -0.506 e. The largest absolute Gasteiger partial charge is 0.506 e. The molecule has 0 fully saturated rings. The fraction of sp³-hybridized carbons (Fsp3) is 0.333. The quantitative estimate of drug-likeness (QED) is 0.680. The molecule has 0 amide bonds. The molecule has 0 aromatic heterocycles.